The van der Waals surface area contributed by atoms with Crippen molar-refractivity contribution in [2.45, 2.75) is 20.0 Å². The molecule has 2 rings (SSSR count). The second kappa shape index (κ2) is 6.20. The molecular formula is C15H17NO3. The second-order valence-electron chi connectivity index (χ2n) is 4.26. The molecule has 1 heterocycles. The largest absolute Gasteiger partial charge is 0.465 e. The van der Waals surface area contributed by atoms with Gasteiger partial charge in [-0.05, 0) is 30.7 Å². The van der Waals surface area contributed by atoms with Crippen LogP contribution in [0.1, 0.15) is 27.4 Å². The molecule has 0 spiro atoms. The van der Waals surface area contributed by atoms with E-state index in [0.717, 1.165) is 17.1 Å². The highest BCUT2D eigenvalue weighted by atomic mass is 16.5. The SMILES string of the molecule is COC(=O)c1ccccc1CNCc1ccc(C)o1. The van der Waals surface area contributed by atoms with Crippen molar-refractivity contribution in [3.8, 4) is 0 Å². The number of nitrogens with one attached hydrogen (secondary N) is 1. The number of hydrogen-bond donors (Lipinski definition) is 1. The molecule has 100 valence electrons. The van der Waals surface area contributed by atoms with Gasteiger partial charge in [0.05, 0.1) is 19.2 Å². The number of esters is 1. The summed E-state index contributed by atoms with van der Waals surface area (Å²) in [6, 6.07) is 11.3. The number of rotatable bonds is 5. The average Bonchev–Trinajstić information content (AvgIpc) is 2.84. The Hall–Kier alpha value is -2.07. The van der Waals surface area contributed by atoms with Gasteiger partial charge in [0.15, 0.2) is 0 Å². The van der Waals surface area contributed by atoms with Gasteiger partial charge in [0, 0.05) is 6.54 Å². The minimum absolute atomic E-state index is 0.314. The van der Waals surface area contributed by atoms with E-state index in [1.54, 1.807) is 6.07 Å². The van der Waals surface area contributed by atoms with Crippen LogP contribution in [-0.4, -0.2) is 13.1 Å². The fourth-order valence-corrected chi connectivity index (χ4v) is 1.88. The lowest BCUT2D eigenvalue weighted by molar-refractivity contribution is 0.0599. The minimum Gasteiger partial charge on any atom is -0.465 e. The highest BCUT2D eigenvalue weighted by Crippen LogP contribution is 2.11. The molecule has 0 saturated carbocycles. The fourth-order valence-electron chi connectivity index (χ4n) is 1.88. The molecule has 4 heteroatoms. The number of aryl methyl sites for hydroxylation is 1. The quantitative estimate of drug-likeness (QED) is 0.839. The molecule has 0 unspecified atom stereocenters. The number of carbonyl (C=O) groups excluding carboxylic acids is 1. The first kappa shape index (κ1) is 13.4. The molecule has 1 N–H and O–H groups in total. The molecule has 0 fully saturated rings. The molecule has 1 aromatic heterocycles. The Bertz CT molecular complexity index is 560. The summed E-state index contributed by atoms with van der Waals surface area (Å²) in [5.74, 6) is 1.46. The first-order chi connectivity index (χ1) is 9.20. The van der Waals surface area contributed by atoms with Crippen molar-refractivity contribution in [3.05, 3.63) is 59.0 Å². The van der Waals surface area contributed by atoms with E-state index in [4.69, 9.17) is 9.15 Å². The van der Waals surface area contributed by atoms with Gasteiger partial charge in [-0.25, -0.2) is 4.79 Å². The monoisotopic (exact) mass is 259 g/mol. The van der Waals surface area contributed by atoms with Gasteiger partial charge in [-0.2, -0.15) is 0 Å². The number of benzene rings is 1. The Kier molecular flexibility index (Phi) is 4.36. The number of methoxy groups -OCH3 is 1. The van der Waals surface area contributed by atoms with Crippen LogP contribution in [0, 0.1) is 6.92 Å². The summed E-state index contributed by atoms with van der Waals surface area (Å²) in [6.45, 7) is 3.13. The van der Waals surface area contributed by atoms with Crippen LogP contribution in [0.15, 0.2) is 40.8 Å². The van der Waals surface area contributed by atoms with Crippen LogP contribution in [-0.2, 0) is 17.8 Å². The topological polar surface area (TPSA) is 51.5 Å². The predicted molar refractivity (Wildman–Crippen MR) is 71.8 cm³/mol. The van der Waals surface area contributed by atoms with Gasteiger partial charge >= 0.3 is 5.97 Å². The second-order valence-corrected chi connectivity index (χ2v) is 4.26. The number of carbonyl (C=O) groups is 1. The average molecular weight is 259 g/mol. The number of ether oxygens (including phenoxy) is 1. The predicted octanol–water partition coefficient (Wildman–Crippen LogP) is 2.66. The van der Waals surface area contributed by atoms with E-state index in [1.807, 2.05) is 37.3 Å². The molecule has 2 aromatic rings. The third-order valence-corrected chi connectivity index (χ3v) is 2.83. The molecule has 0 amide bonds. The van der Waals surface area contributed by atoms with Crippen LogP contribution in [0.4, 0.5) is 0 Å². The fraction of sp³-hybridized carbons (Fsp3) is 0.267. The van der Waals surface area contributed by atoms with Crippen molar-refractivity contribution in [3.63, 3.8) is 0 Å². The van der Waals surface area contributed by atoms with Gasteiger partial charge in [-0.15, -0.1) is 0 Å². The standard InChI is InChI=1S/C15H17NO3/c1-11-7-8-13(19-11)10-16-9-12-5-3-4-6-14(12)15(17)18-2/h3-8,16H,9-10H2,1-2H3. The minimum atomic E-state index is -0.314. The van der Waals surface area contributed by atoms with Crippen LogP contribution >= 0.6 is 0 Å². The van der Waals surface area contributed by atoms with E-state index in [0.29, 0.717) is 18.7 Å². The zero-order chi connectivity index (χ0) is 13.7. The van der Waals surface area contributed by atoms with Crippen LogP contribution in [0.25, 0.3) is 0 Å². The molecule has 0 saturated heterocycles. The van der Waals surface area contributed by atoms with Gasteiger partial charge in [-0.3, -0.25) is 0 Å². The Morgan fingerprint density at radius 3 is 2.68 bits per heavy atom. The van der Waals surface area contributed by atoms with E-state index in [-0.39, 0.29) is 5.97 Å². The van der Waals surface area contributed by atoms with E-state index in [9.17, 15) is 4.79 Å². The maximum absolute atomic E-state index is 11.6. The van der Waals surface area contributed by atoms with Crippen LogP contribution in [0.2, 0.25) is 0 Å². The first-order valence-corrected chi connectivity index (χ1v) is 6.13. The molecule has 0 aliphatic carbocycles. The van der Waals surface area contributed by atoms with Crippen LogP contribution in [0.5, 0.6) is 0 Å². The van der Waals surface area contributed by atoms with Crippen molar-refractivity contribution in [2.75, 3.05) is 7.11 Å². The Morgan fingerprint density at radius 1 is 1.21 bits per heavy atom. The summed E-state index contributed by atoms with van der Waals surface area (Å²) in [5.41, 5.74) is 1.51. The Labute approximate surface area is 112 Å². The number of furan rings is 1. The van der Waals surface area contributed by atoms with Crippen molar-refractivity contribution in [1.82, 2.24) is 5.32 Å². The van der Waals surface area contributed by atoms with E-state index in [2.05, 4.69) is 5.32 Å². The lowest BCUT2D eigenvalue weighted by Gasteiger charge is -2.08. The molecule has 19 heavy (non-hydrogen) atoms. The highest BCUT2D eigenvalue weighted by Gasteiger charge is 2.10. The summed E-state index contributed by atoms with van der Waals surface area (Å²) in [6.07, 6.45) is 0. The molecule has 0 atom stereocenters. The Balaban J connectivity index is 1.97. The van der Waals surface area contributed by atoms with Crippen molar-refractivity contribution in [2.24, 2.45) is 0 Å². The first-order valence-electron chi connectivity index (χ1n) is 6.13. The van der Waals surface area contributed by atoms with Crippen LogP contribution in [0.3, 0.4) is 0 Å². The third kappa shape index (κ3) is 3.45. The Morgan fingerprint density at radius 2 is 2.00 bits per heavy atom. The summed E-state index contributed by atoms with van der Waals surface area (Å²) in [5, 5.41) is 3.25. The molecule has 0 aliphatic rings. The molecule has 0 aliphatic heterocycles. The smallest absolute Gasteiger partial charge is 0.338 e. The summed E-state index contributed by atoms with van der Waals surface area (Å²) >= 11 is 0. The van der Waals surface area contributed by atoms with E-state index < -0.39 is 0 Å². The summed E-state index contributed by atoms with van der Waals surface area (Å²) in [4.78, 5) is 11.6. The summed E-state index contributed by atoms with van der Waals surface area (Å²) < 4.78 is 10.2. The zero-order valence-electron chi connectivity index (χ0n) is 11.1. The molecule has 0 bridgehead atoms. The van der Waals surface area contributed by atoms with Crippen molar-refractivity contribution >= 4 is 5.97 Å². The van der Waals surface area contributed by atoms with Crippen molar-refractivity contribution < 1.29 is 13.9 Å². The van der Waals surface area contributed by atoms with Gasteiger partial charge in [0.1, 0.15) is 11.5 Å². The van der Waals surface area contributed by atoms with Gasteiger partial charge in [0.25, 0.3) is 0 Å². The van der Waals surface area contributed by atoms with E-state index in [1.165, 1.54) is 7.11 Å². The van der Waals surface area contributed by atoms with Crippen molar-refractivity contribution in [1.29, 1.82) is 0 Å². The molecular weight excluding hydrogens is 242 g/mol. The molecule has 4 nitrogen and oxygen atoms in total. The maximum Gasteiger partial charge on any atom is 0.338 e. The van der Waals surface area contributed by atoms with Gasteiger partial charge in [0.2, 0.25) is 0 Å². The molecule has 1 aromatic carbocycles. The van der Waals surface area contributed by atoms with Gasteiger partial charge in [-0.1, -0.05) is 18.2 Å². The zero-order valence-corrected chi connectivity index (χ0v) is 11.1. The van der Waals surface area contributed by atoms with Gasteiger partial charge < -0.3 is 14.5 Å². The normalized spacial score (nSPS) is 10.4. The van der Waals surface area contributed by atoms with E-state index >= 15 is 0 Å². The third-order valence-electron chi connectivity index (χ3n) is 2.83. The molecule has 0 radical (unpaired) electrons. The maximum atomic E-state index is 11.6. The lowest BCUT2D eigenvalue weighted by atomic mass is 10.1. The van der Waals surface area contributed by atoms with Crippen LogP contribution < -0.4 is 5.32 Å². The highest BCUT2D eigenvalue weighted by molar-refractivity contribution is 5.90. The lowest BCUT2D eigenvalue weighted by Crippen LogP contribution is -2.15. The summed E-state index contributed by atoms with van der Waals surface area (Å²) in [7, 11) is 1.39. The number of hydrogen-bond acceptors (Lipinski definition) is 4.